The van der Waals surface area contributed by atoms with Gasteiger partial charge in [0.25, 0.3) is 0 Å². The summed E-state index contributed by atoms with van der Waals surface area (Å²) < 4.78 is 11.9. The van der Waals surface area contributed by atoms with Crippen LogP contribution in [0.25, 0.3) is 0 Å². The van der Waals surface area contributed by atoms with Crippen molar-refractivity contribution in [3.8, 4) is 0 Å². The molecular weight excluding hydrogens is 169 g/mol. The van der Waals surface area contributed by atoms with E-state index in [-0.39, 0.29) is 18.2 Å². The highest BCUT2D eigenvalue weighted by Gasteiger charge is 2.33. The number of nitrogens with zero attached hydrogens (tertiary/aromatic N) is 1. The third-order valence-corrected chi connectivity index (χ3v) is 2.86. The average Bonchev–Trinajstić information content (AvgIpc) is 2.07. The van der Waals surface area contributed by atoms with Crippen LogP contribution in [-0.2, 0) is 0 Å². The van der Waals surface area contributed by atoms with Gasteiger partial charge in [-0.15, -0.1) is 0 Å². The summed E-state index contributed by atoms with van der Waals surface area (Å²) in [6.07, 6.45) is 1.24. The molecule has 1 atom stereocenters. The predicted octanol–water partition coefficient (Wildman–Crippen LogP) is 1.44. The standard InChI is InChI=1S/C10H20FNO/c1-10(2)8-12(6-3-5-11)7-4-9(10)13/h9,13H,3-8H2,1-2H3. The third-order valence-electron chi connectivity index (χ3n) is 2.86. The van der Waals surface area contributed by atoms with Crippen molar-refractivity contribution in [1.29, 1.82) is 0 Å². The topological polar surface area (TPSA) is 23.5 Å². The van der Waals surface area contributed by atoms with E-state index in [1.165, 1.54) is 0 Å². The van der Waals surface area contributed by atoms with Crippen LogP contribution in [0.15, 0.2) is 0 Å². The van der Waals surface area contributed by atoms with Crippen molar-refractivity contribution < 1.29 is 9.50 Å². The molecule has 0 spiro atoms. The van der Waals surface area contributed by atoms with E-state index in [0.717, 1.165) is 26.1 Å². The first-order chi connectivity index (χ1) is 6.06. The molecule has 1 aliphatic rings. The Balaban J connectivity index is 2.37. The molecule has 0 radical (unpaired) electrons. The van der Waals surface area contributed by atoms with E-state index < -0.39 is 0 Å². The molecule has 0 aromatic rings. The molecule has 1 N–H and O–H groups in total. The fourth-order valence-corrected chi connectivity index (χ4v) is 1.93. The summed E-state index contributed by atoms with van der Waals surface area (Å²) >= 11 is 0. The Morgan fingerprint density at radius 1 is 1.54 bits per heavy atom. The van der Waals surface area contributed by atoms with Crippen molar-refractivity contribution in [2.24, 2.45) is 5.41 Å². The number of piperidine rings is 1. The molecule has 3 heteroatoms. The van der Waals surface area contributed by atoms with Gasteiger partial charge in [0.15, 0.2) is 0 Å². The zero-order valence-electron chi connectivity index (χ0n) is 8.59. The first kappa shape index (κ1) is 10.9. The highest BCUT2D eigenvalue weighted by molar-refractivity contribution is 4.86. The molecule has 1 aliphatic heterocycles. The van der Waals surface area contributed by atoms with Crippen molar-refractivity contribution in [2.45, 2.75) is 32.8 Å². The Morgan fingerprint density at radius 2 is 2.23 bits per heavy atom. The van der Waals surface area contributed by atoms with Crippen LogP contribution in [0.1, 0.15) is 26.7 Å². The van der Waals surface area contributed by atoms with Crippen molar-refractivity contribution in [2.75, 3.05) is 26.3 Å². The fourth-order valence-electron chi connectivity index (χ4n) is 1.93. The third kappa shape index (κ3) is 2.92. The lowest BCUT2D eigenvalue weighted by molar-refractivity contribution is -0.0249. The van der Waals surface area contributed by atoms with Gasteiger partial charge in [0, 0.05) is 25.0 Å². The maximum absolute atomic E-state index is 11.9. The van der Waals surface area contributed by atoms with E-state index in [2.05, 4.69) is 18.7 Å². The maximum atomic E-state index is 11.9. The van der Waals surface area contributed by atoms with E-state index in [1.807, 2.05) is 0 Å². The summed E-state index contributed by atoms with van der Waals surface area (Å²) in [5.74, 6) is 0. The van der Waals surface area contributed by atoms with Crippen LogP contribution in [0.3, 0.4) is 0 Å². The molecule has 1 fully saturated rings. The Bertz CT molecular complexity index is 159. The number of likely N-dealkylation sites (tertiary alicyclic amines) is 1. The molecule has 1 saturated heterocycles. The molecule has 0 aromatic carbocycles. The molecule has 78 valence electrons. The Morgan fingerprint density at radius 3 is 2.77 bits per heavy atom. The van der Waals surface area contributed by atoms with Crippen LogP contribution in [0.2, 0.25) is 0 Å². The van der Waals surface area contributed by atoms with Gasteiger partial charge in [0.2, 0.25) is 0 Å². The number of hydrogen-bond donors (Lipinski definition) is 1. The number of alkyl halides is 1. The number of aliphatic hydroxyl groups is 1. The molecular formula is C10H20FNO. The highest BCUT2D eigenvalue weighted by Crippen LogP contribution is 2.28. The maximum Gasteiger partial charge on any atom is 0.0906 e. The van der Waals surface area contributed by atoms with E-state index in [0.29, 0.717) is 6.42 Å². The summed E-state index contributed by atoms with van der Waals surface area (Å²) in [5.41, 5.74) is -0.0332. The fraction of sp³-hybridized carbons (Fsp3) is 1.00. The van der Waals surface area contributed by atoms with Crippen LogP contribution >= 0.6 is 0 Å². The Hall–Kier alpha value is -0.150. The zero-order valence-corrected chi connectivity index (χ0v) is 8.59. The molecule has 0 aliphatic carbocycles. The SMILES string of the molecule is CC1(C)CN(CCCF)CCC1O. The predicted molar refractivity (Wildman–Crippen MR) is 51.4 cm³/mol. The molecule has 0 aromatic heterocycles. The smallest absolute Gasteiger partial charge is 0.0906 e. The van der Waals surface area contributed by atoms with Gasteiger partial charge in [-0.2, -0.15) is 0 Å². The first-order valence-corrected chi connectivity index (χ1v) is 5.02. The molecule has 0 amide bonds. The molecule has 0 bridgehead atoms. The number of aliphatic hydroxyl groups excluding tert-OH is 1. The van der Waals surface area contributed by atoms with Crippen molar-refractivity contribution in [3.63, 3.8) is 0 Å². The lowest BCUT2D eigenvalue weighted by Crippen LogP contribution is -2.48. The van der Waals surface area contributed by atoms with Gasteiger partial charge in [-0.25, -0.2) is 0 Å². The minimum absolute atomic E-state index is 0.0332. The summed E-state index contributed by atoms with van der Waals surface area (Å²) in [6, 6.07) is 0. The van der Waals surface area contributed by atoms with E-state index >= 15 is 0 Å². The molecule has 1 rings (SSSR count). The van der Waals surface area contributed by atoms with Crippen molar-refractivity contribution in [1.82, 2.24) is 4.90 Å². The molecule has 0 saturated carbocycles. The lowest BCUT2D eigenvalue weighted by atomic mass is 9.81. The normalized spacial score (nSPS) is 29.1. The van der Waals surface area contributed by atoms with Gasteiger partial charge >= 0.3 is 0 Å². The van der Waals surface area contributed by atoms with Gasteiger partial charge in [-0.05, 0) is 12.8 Å². The molecule has 1 unspecified atom stereocenters. The zero-order chi connectivity index (χ0) is 9.90. The summed E-state index contributed by atoms with van der Waals surface area (Å²) in [7, 11) is 0. The van der Waals surface area contributed by atoms with Crippen molar-refractivity contribution >= 4 is 0 Å². The molecule has 2 nitrogen and oxygen atoms in total. The van der Waals surface area contributed by atoms with Crippen LogP contribution in [0, 0.1) is 5.41 Å². The largest absolute Gasteiger partial charge is 0.392 e. The number of halogens is 1. The second-order valence-corrected chi connectivity index (χ2v) is 4.61. The van der Waals surface area contributed by atoms with Crippen LogP contribution in [0.4, 0.5) is 4.39 Å². The average molecular weight is 189 g/mol. The van der Waals surface area contributed by atoms with Gasteiger partial charge < -0.3 is 10.0 Å². The highest BCUT2D eigenvalue weighted by atomic mass is 19.1. The first-order valence-electron chi connectivity index (χ1n) is 5.02. The molecule has 13 heavy (non-hydrogen) atoms. The van der Waals surface area contributed by atoms with Gasteiger partial charge in [0.05, 0.1) is 12.8 Å². The van der Waals surface area contributed by atoms with Gasteiger partial charge in [-0.1, -0.05) is 13.8 Å². The van der Waals surface area contributed by atoms with Crippen molar-refractivity contribution in [3.05, 3.63) is 0 Å². The Labute approximate surface area is 79.7 Å². The van der Waals surface area contributed by atoms with Gasteiger partial charge in [0.1, 0.15) is 0 Å². The van der Waals surface area contributed by atoms with Crippen LogP contribution < -0.4 is 0 Å². The quantitative estimate of drug-likeness (QED) is 0.726. The van der Waals surface area contributed by atoms with E-state index in [9.17, 15) is 9.50 Å². The van der Waals surface area contributed by atoms with Gasteiger partial charge in [-0.3, -0.25) is 4.39 Å². The Kier molecular flexibility index (Phi) is 3.68. The molecule has 1 heterocycles. The minimum atomic E-state index is -0.237. The summed E-state index contributed by atoms with van der Waals surface area (Å²) in [5, 5.41) is 9.68. The number of rotatable bonds is 3. The monoisotopic (exact) mass is 189 g/mol. The van der Waals surface area contributed by atoms with E-state index in [1.54, 1.807) is 0 Å². The van der Waals surface area contributed by atoms with Crippen LogP contribution in [0.5, 0.6) is 0 Å². The second kappa shape index (κ2) is 4.38. The summed E-state index contributed by atoms with van der Waals surface area (Å²) in [4.78, 5) is 2.24. The second-order valence-electron chi connectivity index (χ2n) is 4.61. The lowest BCUT2D eigenvalue weighted by Gasteiger charge is -2.41. The minimum Gasteiger partial charge on any atom is -0.392 e. The summed E-state index contributed by atoms with van der Waals surface area (Å²) in [6.45, 7) is 6.52. The van der Waals surface area contributed by atoms with Crippen LogP contribution in [-0.4, -0.2) is 42.4 Å². The van der Waals surface area contributed by atoms with E-state index in [4.69, 9.17) is 0 Å². The number of hydrogen-bond acceptors (Lipinski definition) is 2.